The van der Waals surface area contributed by atoms with Crippen molar-refractivity contribution in [3.63, 3.8) is 0 Å². The van der Waals surface area contributed by atoms with Gasteiger partial charge < -0.3 is 15.6 Å². The summed E-state index contributed by atoms with van der Waals surface area (Å²) in [5.41, 5.74) is 2.78. The minimum atomic E-state index is -1.23. The summed E-state index contributed by atoms with van der Waals surface area (Å²) in [5.74, 6) is 2.83. The zero-order chi connectivity index (χ0) is 30.1. The molecule has 0 saturated carbocycles. The van der Waals surface area contributed by atoms with Crippen LogP contribution < -0.4 is 16.6 Å². The number of hydrogen-bond donors (Lipinski definition) is 5. The van der Waals surface area contributed by atoms with Gasteiger partial charge in [0, 0.05) is 32.4 Å². The van der Waals surface area contributed by atoms with Crippen molar-refractivity contribution < 1.29 is 34.2 Å². The maximum atomic E-state index is 12.9. The lowest BCUT2D eigenvalue weighted by Gasteiger charge is -2.49. The van der Waals surface area contributed by atoms with Crippen molar-refractivity contribution in [2.75, 3.05) is 29.6 Å². The Bertz CT molecular complexity index is 1320. The van der Waals surface area contributed by atoms with Crippen LogP contribution in [0.5, 0.6) is 0 Å². The Labute approximate surface area is 262 Å². The summed E-state index contributed by atoms with van der Waals surface area (Å²) in [5, 5.41) is 21.8. The van der Waals surface area contributed by atoms with E-state index in [1.54, 1.807) is 18.2 Å². The molecule has 11 nitrogen and oxygen atoms in total. The number of thioether (sulfide) groups is 4. The van der Waals surface area contributed by atoms with Crippen LogP contribution in [0.2, 0.25) is 10.0 Å². The highest BCUT2D eigenvalue weighted by Crippen LogP contribution is 2.42. The SMILES string of the molecule is NN/C=C\C(=C/C=O)SCC1=C(C(=O)O)N2C(=O)[C@@H](NCC(=O)CSc3cc(Cl)c(SCC(=O)O)cc3Cl)[C@H]2SC1. The van der Waals surface area contributed by atoms with Crippen molar-refractivity contribution >= 4 is 100 Å². The van der Waals surface area contributed by atoms with Crippen LogP contribution in [-0.4, -0.2) is 86.0 Å². The van der Waals surface area contributed by atoms with Gasteiger partial charge in [-0.2, -0.15) is 0 Å². The quantitative estimate of drug-likeness (QED) is 0.0328. The van der Waals surface area contributed by atoms with Gasteiger partial charge in [-0.1, -0.05) is 23.2 Å². The molecule has 1 aromatic carbocycles. The molecule has 2 heterocycles. The number of aldehydes is 1. The molecule has 2 aliphatic heterocycles. The van der Waals surface area contributed by atoms with Gasteiger partial charge in [-0.3, -0.25) is 35.2 Å². The number of hydrogen-bond acceptors (Lipinski definition) is 12. The highest BCUT2D eigenvalue weighted by molar-refractivity contribution is 8.03. The molecule has 0 radical (unpaired) electrons. The average Bonchev–Trinajstić information content (AvgIpc) is 2.93. The second kappa shape index (κ2) is 15.9. The fourth-order valence-electron chi connectivity index (χ4n) is 3.67. The number of nitrogens with zero attached hydrogens (tertiary/aromatic N) is 1. The number of carboxylic acid groups (broad SMARTS) is 2. The maximum Gasteiger partial charge on any atom is 0.352 e. The number of nitrogens with two attached hydrogens (primary N) is 1. The zero-order valence-corrected chi connectivity index (χ0v) is 25.8. The Hall–Kier alpha value is -2.11. The fourth-order valence-corrected chi connectivity index (χ4v) is 8.35. The van der Waals surface area contributed by atoms with Crippen molar-refractivity contribution in [2.24, 2.45) is 5.84 Å². The van der Waals surface area contributed by atoms with Crippen molar-refractivity contribution in [3.05, 3.63) is 56.7 Å². The Kier molecular flexibility index (Phi) is 13.0. The summed E-state index contributed by atoms with van der Waals surface area (Å²) in [6.45, 7) is -0.109. The third-order valence-corrected chi connectivity index (χ3v) is 10.9. The number of hydrazine groups is 1. The minimum Gasteiger partial charge on any atom is -0.481 e. The van der Waals surface area contributed by atoms with Crippen LogP contribution in [0.4, 0.5) is 0 Å². The van der Waals surface area contributed by atoms with Crippen LogP contribution in [0.1, 0.15) is 0 Å². The van der Waals surface area contributed by atoms with Crippen molar-refractivity contribution in [1.82, 2.24) is 15.6 Å². The summed E-state index contributed by atoms with van der Waals surface area (Å²) in [6.07, 6.45) is 4.93. The van der Waals surface area contributed by atoms with E-state index < -0.39 is 29.3 Å². The molecule has 0 bridgehead atoms. The second-order valence-corrected chi connectivity index (χ2v) is 13.2. The van der Waals surface area contributed by atoms with Crippen molar-refractivity contribution in [3.8, 4) is 0 Å². The predicted octanol–water partition coefficient (Wildman–Crippen LogP) is 2.84. The number of nitrogens with one attached hydrogen (secondary N) is 2. The molecule has 2 aliphatic rings. The Morgan fingerprint density at radius 3 is 2.39 bits per heavy atom. The molecule has 41 heavy (non-hydrogen) atoms. The first-order chi connectivity index (χ1) is 19.6. The lowest BCUT2D eigenvalue weighted by atomic mass is 10.0. The Morgan fingerprint density at radius 2 is 1.80 bits per heavy atom. The lowest BCUT2D eigenvalue weighted by molar-refractivity contribution is -0.149. The minimum absolute atomic E-state index is 0.0412. The standard InChI is InChI=1S/C24H24Cl2N4O7S4/c25-15-6-18(40-11-19(33)34)16(26)5-17(15)39-10-13(32)7-28-20-22(35)30-21(24(36)37)12(9-41-23(20)30)8-38-14(2-4-31)1-3-29-27/h1-6,20,23,28-29H,7-11,27H2,(H,33,34)(H,36,37)/b3-1-,14-2+/t20-,23-/m1/s1. The van der Waals surface area contributed by atoms with E-state index in [4.69, 9.17) is 34.2 Å². The first-order valence-electron chi connectivity index (χ1n) is 11.6. The normalized spacial score (nSPS) is 18.8. The number of halogens is 2. The second-order valence-electron chi connectivity index (χ2n) is 8.24. The van der Waals surface area contributed by atoms with Crippen LogP contribution in [-0.2, 0) is 24.0 Å². The molecule has 220 valence electrons. The summed E-state index contributed by atoms with van der Waals surface area (Å²) in [4.78, 5) is 62.1. The maximum absolute atomic E-state index is 12.9. The number of carbonyl (C=O) groups excluding carboxylic acids is 3. The number of benzene rings is 1. The Balaban J connectivity index is 1.56. The van der Waals surface area contributed by atoms with Crippen LogP contribution in [0.15, 0.2) is 56.5 Å². The number of aliphatic carboxylic acids is 2. The summed E-state index contributed by atoms with van der Waals surface area (Å²) in [7, 11) is 0. The van der Waals surface area contributed by atoms with Crippen molar-refractivity contribution in [1.29, 1.82) is 0 Å². The smallest absolute Gasteiger partial charge is 0.352 e. The van der Waals surface area contributed by atoms with Crippen LogP contribution >= 0.6 is 70.2 Å². The van der Waals surface area contributed by atoms with Crippen LogP contribution in [0.25, 0.3) is 0 Å². The molecule has 0 aliphatic carbocycles. The molecule has 1 saturated heterocycles. The molecule has 1 aromatic rings. The van der Waals surface area contributed by atoms with E-state index in [-0.39, 0.29) is 35.3 Å². The summed E-state index contributed by atoms with van der Waals surface area (Å²) in [6, 6.07) is 2.41. The van der Waals surface area contributed by atoms with E-state index in [2.05, 4.69) is 10.7 Å². The van der Waals surface area contributed by atoms with E-state index in [9.17, 15) is 29.1 Å². The number of rotatable bonds is 16. The highest BCUT2D eigenvalue weighted by atomic mass is 35.5. The van der Waals surface area contributed by atoms with Crippen LogP contribution in [0.3, 0.4) is 0 Å². The number of allylic oxidation sites excluding steroid dienone is 2. The molecule has 1 fully saturated rings. The number of amides is 1. The van der Waals surface area contributed by atoms with E-state index >= 15 is 0 Å². The van der Waals surface area contributed by atoms with E-state index in [1.165, 1.54) is 40.7 Å². The Morgan fingerprint density at radius 1 is 1.15 bits per heavy atom. The van der Waals surface area contributed by atoms with Gasteiger partial charge in [0.25, 0.3) is 0 Å². The molecule has 3 rings (SSSR count). The van der Waals surface area contributed by atoms with E-state index in [1.807, 2.05) is 0 Å². The van der Waals surface area contributed by atoms with Crippen molar-refractivity contribution in [2.45, 2.75) is 21.2 Å². The summed E-state index contributed by atoms with van der Waals surface area (Å²) < 4.78 is 0. The molecule has 6 N–H and O–H groups in total. The van der Waals surface area contributed by atoms with E-state index in [0.717, 1.165) is 23.5 Å². The van der Waals surface area contributed by atoms with E-state index in [0.29, 0.717) is 42.4 Å². The molecule has 17 heteroatoms. The third kappa shape index (κ3) is 8.94. The molecular weight excluding hydrogens is 655 g/mol. The zero-order valence-electron chi connectivity index (χ0n) is 21.0. The first-order valence-corrected chi connectivity index (χ1v) is 16.4. The van der Waals surface area contributed by atoms with Gasteiger partial charge in [0.05, 0.1) is 28.1 Å². The molecule has 0 aromatic heterocycles. The fraction of sp³-hybridized carbons (Fsp3) is 0.292. The number of carboxylic acids is 2. The molecular formula is C24H24Cl2N4O7S4. The third-order valence-electron chi connectivity index (χ3n) is 5.48. The number of ketones is 1. The van der Waals surface area contributed by atoms with Gasteiger partial charge in [-0.05, 0) is 29.9 Å². The lowest BCUT2D eigenvalue weighted by Crippen LogP contribution is -2.70. The summed E-state index contributed by atoms with van der Waals surface area (Å²) >= 11 is 17.3. The van der Waals surface area contributed by atoms with Crippen LogP contribution in [0, 0.1) is 0 Å². The van der Waals surface area contributed by atoms with Gasteiger partial charge in [0.2, 0.25) is 5.91 Å². The number of carbonyl (C=O) groups is 5. The monoisotopic (exact) mass is 678 g/mol. The van der Waals surface area contributed by atoms with Gasteiger partial charge in [0.15, 0.2) is 5.78 Å². The molecule has 2 atom stereocenters. The number of β-lactam (4-membered cyclic amide) rings is 1. The number of Topliss-reactive ketones (excluding diaryl/α,β-unsaturated/α-hetero) is 1. The first kappa shape index (κ1) is 33.4. The highest BCUT2D eigenvalue weighted by Gasteiger charge is 2.53. The predicted molar refractivity (Wildman–Crippen MR) is 163 cm³/mol. The average molecular weight is 680 g/mol. The number of fused-ring (bicyclic) bond motifs is 1. The van der Waals surface area contributed by atoms with Gasteiger partial charge in [-0.15, -0.1) is 47.0 Å². The largest absolute Gasteiger partial charge is 0.481 e. The van der Waals surface area contributed by atoms with Gasteiger partial charge in [-0.25, -0.2) is 4.79 Å². The van der Waals surface area contributed by atoms with Gasteiger partial charge in [0.1, 0.15) is 23.4 Å². The van der Waals surface area contributed by atoms with Gasteiger partial charge >= 0.3 is 11.9 Å². The topological polar surface area (TPSA) is 179 Å². The molecule has 1 amide bonds. The molecule has 0 spiro atoms. The molecule has 0 unspecified atom stereocenters.